The number of nitrogens with one attached hydrogen (secondary N) is 1. The van der Waals surface area contributed by atoms with E-state index in [0.29, 0.717) is 12.1 Å². The van der Waals surface area contributed by atoms with Crippen molar-refractivity contribution in [2.45, 2.75) is 6.54 Å². The number of carbonyl (C=O) groups excluding carboxylic acids is 2. The molecule has 1 aromatic rings. The molecule has 2 amide bonds. The molecular formula is C13H16N2O2. The monoisotopic (exact) mass is 232 g/mol. The van der Waals surface area contributed by atoms with E-state index in [4.69, 9.17) is 0 Å². The molecule has 4 heteroatoms. The summed E-state index contributed by atoms with van der Waals surface area (Å²) in [4.78, 5) is 24.2. The van der Waals surface area contributed by atoms with Crippen LogP contribution in [0.25, 0.3) is 0 Å². The van der Waals surface area contributed by atoms with E-state index in [0.717, 1.165) is 5.56 Å². The zero-order chi connectivity index (χ0) is 12.8. The fraction of sp³-hybridized carbons (Fsp3) is 0.231. The Morgan fingerprint density at radius 3 is 2.41 bits per heavy atom. The van der Waals surface area contributed by atoms with Crippen molar-refractivity contribution >= 4 is 11.8 Å². The number of rotatable bonds is 4. The van der Waals surface area contributed by atoms with Crippen molar-refractivity contribution in [1.29, 1.82) is 0 Å². The number of hydrogen-bond acceptors (Lipinski definition) is 2. The van der Waals surface area contributed by atoms with Gasteiger partial charge in [0.2, 0.25) is 5.91 Å². The van der Waals surface area contributed by atoms with Gasteiger partial charge in [-0.25, -0.2) is 0 Å². The van der Waals surface area contributed by atoms with Crippen LogP contribution < -0.4 is 5.32 Å². The van der Waals surface area contributed by atoms with Gasteiger partial charge in [-0.2, -0.15) is 0 Å². The predicted octanol–water partition coefficient (Wildman–Crippen LogP) is 1.19. The first-order valence-corrected chi connectivity index (χ1v) is 5.27. The van der Waals surface area contributed by atoms with Crippen molar-refractivity contribution < 1.29 is 9.59 Å². The quantitative estimate of drug-likeness (QED) is 0.793. The highest BCUT2D eigenvalue weighted by atomic mass is 16.2. The lowest BCUT2D eigenvalue weighted by atomic mass is 10.1. The van der Waals surface area contributed by atoms with Crippen LogP contribution in [0.5, 0.6) is 0 Å². The molecule has 0 atom stereocenters. The van der Waals surface area contributed by atoms with Crippen LogP contribution in [0, 0.1) is 0 Å². The fourth-order valence-corrected chi connectivity index (χ4v) is 1.41. The maximum absolute atomic E-state index is 11.3. The summed E-state index contributed by atoms with van der Waals surface area (Å²) in [6.45, 7) is 3.93. The van der Waals surface area contributed by atoms with Crippen LogP contribution in [0.1, 0.15) is 15.9 Å². The van der Waals surface area contributed by atoms with E-state index >= 15 is 0 Å². The largest absolute Gasteiger partial charge is 0.355 e. The molecule has 0 saturated carbocycles. The van der Waals surface area contributed by atoms with Gasteiger partial charge in [-0.15, -0.1) is 0 Å². The first kappa shape index (κ1) is 13.0. The summed E-state index contributed by atoms with van der Waals surface area (Å²) in [5.41, 5.74) is 1.57. The number of hydrogen-bond donors (Lipinski definition) is 1. The lowest BCUT2D eigenvalue weighted by molar-refractivity contribution is -0.125. The first-order valence-electron chi connectivity index (χ1n) is 5.27. The lowest BCUT2D eigenvalue weighted by Gasteiger charge is -2.15. The van der Waals surface area contributed by atoms with Crippen molar-refractivity contribution in [2.24, 2.45) is 0 Å². The molecule has 0 saturated heterocycles. The second kappa shape index (κ2) is 5.84. The third-order valence-electron chi connectivity index (χ3n) is 2.41. The van der Waals surface area contributed by atoms with Gasteiger partial charge in [-0.3, -0.25) is 9.59 Å². The number of benzene rings is 1. The van der Waals surface area contributed by atoms with E-state index in [1.165, 1.54) is 6.08 Å². The van der Waals surface area contributed by atoms with E-state index < -0.39 is 0 Å². The van der Waals surface area contributed by atoms with Crippen LogP contribution in [0.15, 0.2) is 36.9 Å². The Hall–Kier alpha value is -2.10. The van der Waals surface area contributed by atoms with Crippen LogP contribution in [-0.2, 0) is 11.3 Å². The summed E-state index contributed by atoms with van der Waals surface area (Å²) in [5.74, 6) is -0.243. The third-order valence-corrected chi connectivity index (χ3v) is 2.41. The smallest absolute Gasteiger partial charge is 0.251 e. The molecule has 90 valence electrons. The van der Waals surface area contributed by atoms with Crippen LogP contribution >= 0.6 is 0 Å². The Kier molecular flexibility index (Phi) is 4.46. The van der Waals surface area contributed by atoms with E-state index in [2.05, 4.69) is 11.9 Å². The molecule has 4 nitrogen and oxygen atoms in total. The van der Waals surface area contributed by atoms with E-state index in [9.17, 15) is 9.59 Å². The number of nitrogens with zero attached hydrogens (tertiary/aromatic N) is 1. The van der Waals surface area contributed by atoms with E-state index in [-0.39, 0.29) is 11.8 Å². The van der Waals surface area contributed by atoms with Crippen LogP contribution in [0.2, 0.25) is 0 Å². The minimum Gasteiger partial charge on any atom is -0.355 e. The van der Waals surface area contributed by atoms with Gasteiger partial charge in [0.25, 0.3) is 5.91 Å². The molecule has 1 rings (SSSR count). The van der Waals surface area contributed by atoms with Crippen molar-refractivity contribution in [3.8, 4) is 0 Å². The molecule has 0 bridgehead atoms. The molecule has 1 aromatic carbocycles. The van der Waals surface area contributed by atoms with Crippen molar-refractivity contribution in [3.05, 3.63) is 48.0 Å². The maximum Gasteiger partial charge on any atom is 0.251 e. The minimum atomic E-state index is -0.125. The lowest BCUT2D eigenvalue weighted by Crippen LogP contribution is -2.24. The van der Waals surface area contributed by atoms with Gasteiger partial charge in [-0.1, -0.05) is 18.7 Å². The Balaban J connectivity index is 2.71. The first-order chi connectivity index (χ1) is 8.08. The zero-order valence-electron chi connectivity index (χ0n) is 10.1. The molecule has 0 heterocycles. The average molecular weight is 232 g/mol. The Bertz CT molecular complexity index is 424. The average Bonchev–Trinajstić information content (AvgIpc) is 2.37. The molecule has 0 unspecified atom stereocenters. The second-order valence-electron chi connectivity index (χ2n) is 3.67. The van der Waals surface area contributed by atoms with Crippen LogP contribution in [-0.4, -0.2) is 30.8 Å². The zero-order valence-corrected chi connectivity index (χ0v) is 10.1. The summed E-state index contributed by atoms with van der Waals surface area (Å²) < 4.78 is 0. The van der Waals surface area contributed by atoms with Gasteiger partial charge in [0, 0.05) is 26.2 Å². The van der Waals surface area contributed by atoms with Gasteiger partial charge in [-0.05, 0) is 23.8 Å². The number of carbonyl (C=O) groups is 2. The highest BCUT2D eigenvalue weighted by Crippen LogP contribution is 2.07. The molecule has 0 spiro atoms. The van der Waals surface area contributed by atoms with Crippen LogP contribution in [0.4, 0.5) is 0 Å². The molecular weight excluding hydrogens is 216 g/mol. The Morgan fingerprint density at radius 2 is 1.94 bits per heavy atom. The molecule has 0 fully saturated rings. The topological polar surface area (TPSA) is 49.4 Å². The Morgan fingerprint density at radius 1 is 1.35 bits per heavy atom. The summed E-state index contributed by atoms with van der Waals surface area (Å²) in [6, 6.07) is 7.13. The molecule has 0 aliphatic carbocycles. The van der Waals surface area contributed by atoms with Gasteiger partial charge < -0.3 is 10.2 Å². The highest BCUT2D eigenvalue weighted by Gasteiger charge is 2.06. The second-order valence-corrected chi connectivity index (χ2v) is 3.67. The van der Waals surface area contributed by atoms with Crippen molar-refractivity contribution in [2.75, 3.05) is 14.1 Å². The standard InChI is InChI=1S/C13H16N2O2/c1-4-12(16)15(3)9-10-5-7-11(8-6-10)13(17)14-2/h4-8H,1,9H2,2-3H3,(H,14,17). The molecule has 0 aliphatic rings. The van der Waals surface area contributed by atoms with Crippen LogP contribution in [0.3, 0.4) is 0 Å². The molecule has 17 heavy (non-hydrogen) atoms. The van der Waals surface area contributed by atoms with Crippen molar-refractivity contribution in [3.63, 3.8) is 0 Å². The van der Waals surface area contributed by atoms with Gasteiger partial charge >= 0.3 is 0 Å². The van der Waals surface area contributed by atoms with Crippen molar-refractivity contribution in [1.82, 2.24) is 10.2 Å². The molecule has 0 aromatic heterocycles. The molecule has 0 aliphatic heterocycles. The maximum atomic E-state index is 11.3. The molecule has 0 radical (unpaired) electrons. The number of amides is 2. The van der Waals surface area contributed by atoms with E-state index in [1.54, 1.807) is 31.1 Å². The third kappa shape index (κ3) is 3.45. The molecule has 1 N–H and O–H groups in total. The summed E-state index contributed by atoms with van der Waals surface area (Å²) >= 11 is 0. The summed E-state index contributed by atoms with van der Waals surface area (Å²) in [6.07, 6.45) is 1.28. The number of likely N-dealkylation sites (N-methyl/N-ethyl adjacent to an activating group) is 1. The summed E-state index contributed by atoms with van der Waals surface area (Å²) in [5, 5.41) is 2.55. The van der Waals surface area contributed by atoms with Gasteiger partial charge in [0.15, 0.2) is 0 Å². The minimum absolute atomic E-state index is 0.118. The van der Waals surface area contributed by atoms with Gasteiger partial charge in [0.1, 0.15) is 0 Å². The fourth-order valence-electron chi connectivity index (χ4n) is 1.41. The van der Waals surface area contributed by atoms with Gasteiger partial charge in [0.05, 0.1) is 0 Å². The normalized spacial score (nSPS) is 9.53. The predicted molar refractivity (Wildman–Crippen MR) is 66.5 cm³/mol. The van der Waals surface area contributed by atoms with E-state index in [1.807, 2.05) is 12.1 Å². The summed E-state index contributed by atoms with van der Waals surface area (Å²) in [7, 11) is 3.30. The highest BCUT2D eigenvalue weighted by molar-refractivity contribution is 5.94. The Labute approximate surface area is 101 Å². The SMILES string of the molecule is C=CC(=O)N(C)Cc1ccc(C(=O)NC)cc1.